The first kappa shape index (κ1) is 27.6. The molecule has 2 amide bonds. The Morgan fingerprint density at radius 2 is 1.92 bits per heavy atom. The Morgan fingerprint density at radius 3 is 2.51 bits per heavy atom. The number of ether oxygens (including phenoxy) is 1. The molecule has 2 aliphatic heterocycles. The minimum absolute atomic E-state index is 0.198. The van der Waals surface area contributed by atoms with Gasteiger partial charge in [-0.25, -0.2) is 18.0 Å². The topological polar surface area (TPSA) is 99.3 Å². The molecule has 2 aliphatic rings. The Morgan fingerprint density at radius 1 is 1.19 bits per heavy atom. The molecule has 1 fully saturated rings. The number of benzene rings is 1. The summed E-state index contributed by atoms with van der Waals surface area (Å²) in [7, 11) is -3.69. The first-order valence-electron chi connectivity index (χ1n) is 12.2. The van der Waals surface area contributed by atoms with Gasteiger partial charge >= 0.3 is 12.0 Å². The van der Waals surface area contributed by atoms with Gasteiger partial charge in [-0.15, -0.1) is 0 Å². The molecule has 4 rings (SSSR count). The summed E-state index contributed by atoms with van der Waals surface area (Å²) in [5, 5.41) is 7.24. The lowest BCUT2D eigenvalue weighted by Crippen LogP contribution is -2.56. The molecule has 9 nitrogen and oxygen atoms in total. The summed E-state index contributed by atoms with van der Waals surface area (Å²) >= 11 is 7.42. The number of thiophene rings is 1. The number of piperazine rings is 1. The smallest absolute Gasteiger partial charge is 0.338 e. The van der Waals surface area contributed by atoms with Crippen LogP contribution in [0.1, 0.15) is 32.4 Å². The number of carbonyl (C=O) groups is 2. The van der Waals surface area contributed by atoms with Gasteiger partial charge in [0.2, 0.25) is 10.0 Å². The molecule has 1 aromatic carbocycles. The predicted octanol–water partition coefficient (Wildman–Crippen LogP) is 3.70. The van der Waals surface area contributed by atoms with E-state index in [4.69, 9.17) is 16.3 Å². The fourth-order valence-corrected chi connectivity index (χ4v) is 7.24. The summed E-state index contributed by atoms with van der Waals surface area (Å²) in [5.41, 5.74) is 1.81. The molecule has 0 aliphatic carbocycles. The lowest BCUT2D eigenvalue weighted by Gasteiger charge is -2.42. The SMILES string of the molecule is CCOC(=O)C1=C(CN2CCN(S(=O)(=O)c3ccc(Cl)cc3)C(C)C2)N(CC)C(=O)NC1c1ccsc1. The molecule has 2 aromatic rings. The van der Waals surface area contributed by atoms with Crippen molar-refractivity contribution in [3.8, 4) is 0 Å². The molecule has 12 heteroatoms. The summed E-state index contributed by atoms with van der Waals surface area (Å²) < 4.78 is 33.4. The number of halogens is 1. The van der Waals surface area contributed by atoms with Crippen LogP contribution >= 0.6 is 22.9 Å². The van der Waals surface area contributed by atoms with Gasteiger partial charge in [0.05, 0.1) is 23.1 Å². The van der Waals surface area contributed by atoms with Crippen LogP contribution in [0.4, 0.5) is 4.79 Å². The Balaban J connectivity index is 1.62. The molecule has 0 spiro atoms. The third-order valence-electron chi connectivity index (χ3n) is 6.57. The predicted molar refractivity (Wildman–Crippen MR) is 143 cm³/mol. The van der Waals surface area contributed by atoms with Gasteiger partial charge in [-0.05, 0) is 67.4 Å². The van der Waals surface area contributed by atoms with Crippen LogP contribution < -0.4 is 5.32 Å². The van der Waals surface area contributed by atoms with Gasteiger partial charge in [0.15, 0.2) is 0 Å². The highest BCUT2D eigenvalue weighted by Gasteiger charge is 2.40. The number of nitrogens with one attached hydrogen (secondary N) is 1. The van der Waals surface area contributed by atoms with E-state index < -0.39 is 22.0 Å². The summed E-state index contributed by atoms with van der Waals surface area (Å²) in [6.45, 7) is 7.53. The van der Waals surface area contributed by atoms with Crippen LogP contribution in [-0.2, 0) is 19.6 Å². The number of hydrogen-bond donors (Lipinski definition) is 1. The molecule has 2 atom stereocenters. The molecule has 2 unspecified atom stereocenters. The maximum Gasteiger partial charge on any atom is 0.338 e. The molecule has 1 saturated heterocycles. The van der Waals surface area contributed by atoms with E-state index in [1.165, 1.54) is 27.8 Å². The zero-order chi connectivity index (χ0) is 26.7. The van der Waals surface area contributed by atoms with Crippen LogP contribution in [0.2, 0.25) is 5.02 Å². The Hall–Kier alpha value is -2.44. The van der Waals surface area contributed by atoms with E-state index >= 15 is 0 Å². The van der Waals surface area contributed by atoms with Crippen LogP contribution in [-0.4, -0.2) is 79.9 Å². The molecule has 0 bridgehead atoms. The summed E-state index contributed by atoms with van der Waals surface area (Å²) in [6.07, 6.45) is 0. The van der Waals surface area contributed by atoms with Crippen LogP contribution in [0, 0.1) is 0 Å². The van der Waals surface area contributed by atoms with Gasteiger partial charge in [0.25, 0.3) is 0 Å². The van der Waals surface area contributed by atoms with Gasteiger partial charge in [-0.1, -0.05) is 11.6 Å². The van der Waals surface area contributed by atoms with Crippen molar-refractivity contribution >= 4 is 45.0 Å². The molecule has 1 aromatic heterocycles. The third kappa shape index (κ3) is 5.70. The highest BCUT2D eigenvalue weighted by Crippen LogP contribution is 2.33. The number of amides is 2. The molecule has 0 radical (unpaired) electrons. The number of nitrogens with zero attached hydrogens (tertiary/aromatic N) is 3. The minimum atomic E-state index is -3.69. The van der Waals surface area contributed by atoms with E-state index in [2.05, 4.69) is 10.2 Å². The summed E-state index contributed by atoms with van der Waals surface area (Å²) in [4.78, 5) is 30.1. The van der Waals surface area contributed by atoms with Crippen molar-refractivity contribution in [2.75, 3.05) is 39.3 Å². The number of rotatable bonds is 8. The monoisotopic (exact) mass is 566 g/mol. The highest BCUT2D eigenvalue weighted by molar-refractivity contribution is 7.89. The number of urea groups is 1. The number of hydrogen-bond acceptors (Lipinski definition) is 7. The van der Waals surface area contributed by atoms with Crippen LogP contribution in [0.15, 0.2) is 57.3 Å². The average molecular weight is 567 g/mol. The van der Waals surface area contributed by atoms with Crippen molar-refractivity contribution in [1.82, 2.24) is 19.4 Å². The molecular weight excluding hydrogens is 536 g/mol. The fraction of sp³-hybridized carbons (Fsp3) is 0.440. The summed E-state index contributed by atoms with van der Waals surface area (Å²) in [5.74, 6) is -0.468. The Labute approximate surface area is 226 Å². The van der Waals surface area contributed by atoms with E-state index in [9.17, 15) is 18.0 Å². The maximum absolute atomic E-state index is 13.3. The maximum atomic E-state index is 13.3. The van der Waals surface area contributed by atoms with Gasteiger partial charge in [0, 0.05) is 49.5 Å². The van der Waals surface area contributed by atoms with Crippen LogP contribution in [0.3, 0.4) is 0 Å². The van der Waals surface area contributed by atoms with Gasteiger partial charge in [0.1, 0.15) is 0 Å². The largest absolute Gasteiger partial charge is 0.463 e. The first-order chi connectivity index (χ1) is 17.7. The fourth-order valence-electron chi connectivity index (χ4n) is 4.82. The van der Waals surface area contributed by atoms with Gasteiger partial charge < -0.3 is 10.1 Å². The molecule has 1 N–H and O–H groups in total. The quantitative estimate of drug-likeness (QED) is 0.489. The van der Waals surface area contributed by atoms with Crippen LogP contribution in [0.25, 0.3) is 0 Å². The van der Waals surface area contributed by atoms with Crippen molar-refractivity contribution in [2.24, 2.45) is 0 Å². The Kier molecular flexibility index (Phi) is 8.59. The van der Waals surface area contributed by atoms with Crippen molar-refractivity contribution in [1.29, 1.82) is 0 Å². The van der Waals surface area contributed by atoms with Gasteiger partial charge in [-0.2, -0.15) is 15.6 Å². The molecule has 200 valence electrons. The second kappa shape index (κ2) is 11.5. The normalized spacial score (nSPS) is 21.7. The van der Waals surface area contributed by atoms with E-state index in [0.717, 1.165) is 5.56 Å². The van der Waals surface area contributed by atoms with Crippen molar-refractivity contribution in [3.63, 3.8) is 0 Å². The van der Waals surface area contributed by atoms with Crippen molar-refractivity contribution in [3.05, 3.63) is 62.9 Å². The van der Waals surface area contributed by atoms with E-state index in [0.29, 0.717) is 42.5 Å². The summed E-state index contributed by atoms with van der Waals surface area (Å²) in [6, 6.07) is 6.83. The standard InChI is InChI=1S/C25H31ClN4O5S2/c1-4-29-21(22(24(31)35-5-2)23(27-25(29)32)18-10-13-36-16-18)15-28-11-12-30(17(3)14-28)37(33,34)20-8-6-19(26)7-9-20/h6-10,13,16-17,23H,4-5,11-12,14-15H2,1-3H3,(H,27,32). The van der Waals surface area contributed by atoms with E-state index in [-0.39, 0.29) is 30.1 Å². The van der Waals surface area contributed by atoms with Crippen LogP contribution in [0.5, 0.6) is 0 Å². The molecule has 0 saturated carbocycles. The minimum Gasteiger partial charge on any atom is -0.463 e. The second-order valence-electron chi connectivity index (χ2n) is 8.92. The molecule has 3 heterocycles. The Bertz CT molecular complexity index is 1260. The number of carbonyl (C=O) groups excluding carboxylic acids is 2. The number of likely N-dealkylation sites (N-methyl/N-ethyl adjacent to an activating group) is 1. The van der Waals surface area contributed by atoms with E-state index in [1.54, 1.807) is 24.0 Å². The third-order valence-corrected chi connectivity index (χ3v) is 9.55. The lowest BCUT2D eigenvalue weighted by molar-refractivity contribution is -0.139. The lowest BCUT2D eigenvalue weighted by atomic mass is 9.96. The highest BCUT2D eigenvalue weighted by atomic mass is 35.5. The van der Waals surface area contributed by atoms with E-state index in [1.807, 2.05) is 30.7 Å². The number of sulfonamides is 1. The second-order valence-corrected chi connectivity index (χ2v) is 12.0. The number of esters is 1. The zero-order valence-electron chi connectivity index (χ0n) is 21.0. The molecule has 37 heavy (non-hydrogen) atoms. The zero-order valence-corrected chi connectivity index (χ0v) is 23.4. The van der Waals surface area contributed by atoms with Gasteiger partial charge in [-0.3, -0.25) is 9.80 Å². The average Bonchev–Trinajstić information content (AvgIpc) is 3.39. The first-order valence-corrected chi connectivity index (χ1v) is 14.9. The van der Waals surface area contributed by atoms with Crippen molar-refractivity contribution in [2.45, 2.75) is 37.8 Å². The molecular formula is C25H31ClN4O5S2. The van der Waals surface area contributed by atoms with Crippen molar-refractivity contribution < 1.29 is 22.7 Å².